The van der Waals surface area contributed by atoms with Gasteiger partial charge in [-0.1, -0.05) is 36.4 Å². The monoisotopic (exact) mass is 415 g/mol. The van der Waals surface area contributed by atoms with Crippen LogP contribution in [0.15, 0.2) is 60.7 Å². The Morgan fingerprint density at radius 3 is 2.68 bits per heavy atom. The largest absolute Gasteiger partial charge is 0.504 e. The molecule has 3 aromatic carbocycles. The Hall–Kier alpha value is -4.00. The maximum Gasteiger partial charge on any atom is 0.273 e. The molecule has 0 bridgehead atoms. The SMILES string of the molecule is O=C(c1nc(-c2cccc(F)c2)nc2ccccc12)N1CCc2c(ccc(O)c2O)C1. The van der Waals surface area contributed by atoms with Gasteiger partial charge in [0.25, 0.3) is 5.91 Å². The van der Waals surface area contributed by atoms with Crippen LogP contribution < -0.4 is 0 Å². The number of carbonyl (C=O) groups is 1. The van der Waals surface area contributed by atoms with Crippen molar-refractivity contribution in [3.8, 4) is 22.9 Å². The summed E-state index contributed by atoms with van der Waals surface area (Å²) in [6.07, 6.45) is 0.418. The molecule has 154 valence electrons. The fourth-order valence-electron chi connectivity index (χ4n) is 3.94. The second-order valence-corrected chi connectivity index (χ2v) is 7.47. The predicted octanol–water partition coefficient (Wildman–Crippen LogP) is 4.05. The van der Waals surface area contributed by atoms with Crippen LogP contribution in [0.3, 0.4) is 0 Å². The van der Waals surface area contributed by atoms with E-state index in [4.69, 9.17) is 0 Å². The van der Waals surface area contributed by atoms with Gasteiger partial charge in [0.05, 0.1) is 5.52 Å². The first-order valence-electron chi connectivity index (χ1n) is 9.86. The minimum Gasteiger partial charge on any atom is -0.504 e. The molecule has 4 aromatic rings. The van der Waals surface area contributed by atoms with Crippen molar-refractivity contribution >= 4 is 16.8 Å². The molecule has 7 heteroatoms. The molecule has 0 unspecified atom stereocenters. The number of para-hydroxylation sites is 1. The smallest absolute Gasteiger partial charge is 0.273 e. The zero-order valence-corrected chi connectivity index (χ0v) is 16.4. The van der Waals surface area contributed by atoms with Gasteiger partial charge in [0.15, 0.2) is 17.3 Å². The summed E-state index contributed by atoms with van der Waals surface area (Å²) < 4.78 is 13.7. The summed E-state index contributed by atoms with van der Waals surface area (Å²) in [5.41, 5.74) is 2.76. The number of halogens is 1. The second-order valence-electron chi connectivity index (χ2n) is 7.47. The highest BCUT2D eigenvalue weighted by Gasteiger charge is 2.27. The van der Waals surface area contributed by atoms with Gasteiger partial charge in [0.1, 0.15) is 11.5 Å². The maximum absolute atomic E-state index is 13.7. The first kappa shape index (κ1) is 19.0. The third-order valence-corrected chi connectivity index (χ3v) is 5.53. The normalized spacial score (nSPS) is 13.3. The minimum atomic E-state index is -0.405. The number of phenols is 2. The lowest BCUT2D eigenvalue weighted by Crippen LogP contribution is -2.36. The molecule has 0 atom stereocenters. The van der Waals surface area contributed by atoms with Crippen molar-refractivity contribution in [1.29, 1.82) is 0 Å². The Bertz CT molecular complexity index is 1340. The van der Waals surface area contributed by atoms with Crippen molar-refractivity contribution < 1.29 is 19.4 Å². The quantitative estimate of drug-likeness (QED) is 0.483. The van der Waals surface area contributed by atoms with Crippen molar-refractivity contribution in [2.75, 3.05) is 6.54 Å². The Kier molecular flexibility index (Phi) is 4.51. The third-order valence-electron chi connectivity index (χ3n) is 5.53. The van der Waals surface area contributed by atoms with E-state index < -0.39 is 5.82 Å². The van der Waals surface area contributed by atoms with Crippen LogP contribution in [-0.4, -0.2) is 37.5 Å². The molecule has 0 fully saturated rings. The highest BCUT2D eigenvalue weighted by atomic mass is 19.1. The number of aromatic hydroxyl groups is 2. The van der Waals surface area contributed by atoms with Crippen LogP contribution in [-0.2, 0) is 13.0 Å². The Morgan fingerprint density at radius 1 is 1.00 bits per heavy atom. The lowest BCUT2D eigenvalue weighted by molar-refractivity contribution is 0.0730. The lowest BCUT2D eigenvalue weighted by Gasteiger charge is -2.29. The van der Waals surface area contributed by atoms with Gasteiger partial charge < -0.3 is 15.1 Å². The van der Waals surface area contributed by atoms with Crippen molar-refractivity contribution in [3.05, 3.63) is 83.3 Å². The summed E-state index contributed by atoms with van der Waals surface area (Å²) in [5, 5.41) is 20.5. The molecule has 31 heavy (non-hydrogen) atoms. The molecule has 1 aromatic heterocycles. The topological polar surface area (TPSA) is 86.6 Å². The predicted molar refractivity (Wildman–Crippen MR) is 113 cm³/mol. The number of nitrogens with zero attached hydrogens (tertiary/aromatic N) is 3. The standard InChI is InChI=1S/C24H18FN3O3/c25-16-5-3-4-14(12-16)23-26-19-7-2-1-6-18(19)21(27-23)24(31)28-11-10-17-15(13-28)8-9-20(29)22(17)30/h1-9,12,29-30H,10-11,13H2. The number of hydrogen-bond acceptors (Lipinski definition) is 5. The van der Waals surface area contributed by atoms with E-state index >= 15 is 0 Å². The van der Waals surface area contributed by atoms with E-state index in [2.05, 4.69) is 9.97 Å². The van der Waals surface area contributed by atoms with Crippen LogP contribution in [0.4, 0.5) is 4.39 Å². The Labute approximate surface area is 177 Å². The van der Waals surface area contributed by atoms with E-state index in [1.807, 2.05) is 12.1 Å². The number of fused-ring (bicyclic) bond motifs is 2. The van der Waals surface area contributed by atoms with Gasteiger partial charge in [-0.25, -0.2) is 14.4 Å². The number of benzene rings is 3. The lowest BCUT2D eigenvalue weighted by atomic mass is 9.97. The third kappa shape index (κ3) is 3.34. The van der Waals surface area contributed by atoms with Crippen LogP contribution in [0.2, 0.25) is 0 Å². The molecule has 0 saturated carbocycles. The molecule has 0 aliphatic carbocycles. The Balaban J connectivity index is 1.58. The zero-order valence-electron chi connectivity index (χ0n) is 16.4. The summed E-state index contributed by atoms with van der Waals surface area (Å²) in [6.45, 7) is 0.659. The fourth-order valence-corrected chi connectivity index (χ4v) is 3.94. The van der Waals surface area contributed by atoms with Gasteiger partial charge >= 0.3 is 0 Å². The van der Waals surface area contributed by atoms with Crippen LogP contribution in [0, 0.1) is 5.82 Å². The summed E-state index contributed by atoms with van der Waals surface area (Å²) in [4.78, 5) is 24.2. The molecule has 1 aliphatic rings. The average Bonchev–Trinajstić information content (AvgIpc) is 2.80. The van der Waals surface area contributed by atoms with Crippen LogP contribution in [0.25, 0.3) is 22.3 Å². The number of rotatable bonds is 2. The maximum atomic E-state index is 13.7. The second kappa shape index (κ2) is 7.36. The molecule has 6 nitrogen and oxygen atoms in total. The molecule has 0 radical (unpaired) electrons. The molecule has 2 heterocycles. The highest BCUT2D eigenvalue weighted by molar-refractivity contribution is 6.05. The van der Waals surface area contributed by atoms with Crippen LogP contribution in [0.1, 0.15) is 21.6 Å². The Morgan fingerprint density at radius 2 is 1.84 bits per heavy atom. The number of aromatic nitrogens is 2. The number of hydrogen-bond donors (Lipinski definition) is 2. The van der Waals surface area contributed by atoms with Crippen LogP contribution in [0.5, 0.6) is 11.5 Å². The molecular weight excluding hydrogens is 397 g/mol. The number of phenolic OH excluding ortho intramolecular Hbond substituents is 2. The fraction of sp³-hybridized carbons (Fsp3) is 0.125. The van der Waals surface area contributed by atoms with Crippen LogP contribution >= 0.6 is 0 Å². The van der Waals surface area contributed by atoms with Crippen molar-refractivity contribution in [2.24, 2.45) is 0 Å². The van der Waals surface area contributed by atoms with E-state index in [-0.39, 0.29) is 35.5 Å². The first-order valence-corrected chi connectivity index (χ1v) is 9.86. The van der Waals surface area contributed by atoms with Gasteiger partial charge in [-0.15, -0.1) is 0 Å². The zero-order chi connectivity index (χ0) is 21.5. The number of carbonyl (C=O) groups excluding carboxylic acids is 1. The number of amides is 1. The molecular formula is C24H18FN3O3. The molecule has 5 rings (SSSR count). The summed E-state index contributed by atoms with van der Waals surface area (Å²) in [7, 11) is 0. The van der Waals surface area contributed by atoms with Gasteiger partial charge in [-0.05, 0) is 36.2 Å². The molecule has 0 saturated heterocycles. The van der Waals surface area contributed by atoms with E-state index in [1.54, 1.807) is 35.2 Å². The molecule has 1 amide bonds. The van der Waals surface area contributed by atoms with E-state index in [0.29, 0.717) is 35.0 Å². The van der Waals surface area contributed by atoms with Gasteiger partial charge in [-0.2, -0.15) is 0 Å². The van der Waals surface area contributed by atoms with Crippen molar-refractivity contribution in [1.82, 2.24) is 14.9 Å². The molecule has 1 aliphatic heterocycles. The van der Waals surface area contributed by atoms with E-state index in [9.17, 15) is 19.4 Å². The van der Waals surface area contributed by atoms with Gasteiger partial charge in [-0.3, -0.25) is 4.79 Å². The van der Waals surface area contributed by atoms with Crippen molar-refractivity contribution in [2.45, 2.75) is 13.0 Å². The van der Waals surface area contributed by atoms with E-state index in [1.165, 1.54) is 18.2 Å². The van der Waals surface area contributed by atoms with Gasteiger partial charge in [0, 0.05) is 29.6 Å². The highest BCUT2D eigenvalue weighted by Crippen LogP contribution is 2.35. The summed E-state index contributed by atoms with van der Waals surface area (Å²) >= 11 is 0. The first-order chi connectivity index (χ1) is 15.0. The summed E-state index contributed by atoms with van der Waals surface area (Å²) in [5.74, 6) is -0.695. The summed E-state index contributed by atoms with van der Waals surface area (Å²) in [6, 6.07) is 16.3. The molecule has 0 spiro atoms. The minimum absolute atomic E-state index is 0.134. The van der Waals surface area contributed by atoms with Gasteiger partial charge in [0.2, 0.25) is 0 Å². The molecule has 2 N–H and O–H groups in total. The average molecular weight is 415 g/mol. The van der Waals surface area contributed by atoms with Crippen molar-refractivity contribution in [3.63, 3.8) is 0 Å². The van der Waals surface area contributed by atoms with E-state index in [0.717, 1.165) is 5.56 Å².